The summed E-state index contributed by atoms with van der Waals surface area (Å²) in [6, 6.07) is 12.8. The third-order valence-corrected chi connectivity index (χ3v) is 4.92. The van der Waals surface area contributed by atoms with Crippen LogP contribution in [0.4, 0.5) is 0 Å². The molecule has 3 rings (SSSR count). The van der Waals surface area contributed by atoms with Crippen molar-refractivity contribution in [2.75, 3.05) is 19.6 Å². The minimum Gasteiger partial charge on any atom is -0.465 e. The van der Waals surface area contributed by atoms with E-state index in [1.54, 1.807) is 0 Å². The molecule has 4 heteroatoms. The molecule has 0 aliphatic carbocycles. The first kappa shape index (κ1) is 17.2. The van der Waals surface area contributed by atoms with Crippen LogP contribution in [0.1, 0.15) is 54.5 Å². The Labute approximate surface area is 144 Å². The summed E-state index contributed by atoms with van der Waals surface area (Å²) < 4.78 is 5.92. The van der Waals surface area contributed by atoms with Crippen LogP contribution in [0.25, 0.3) is 0 Å². The predicted molar refractivity (Wildman–Crippen MR) is 95.8 cm³/mol. The Morgan fingerprint density at radius 2 is 2.00 bits per heavy atom. The van der Waals surface area contributed by atoms with Gasteiger partial charge in [0.15, 0.2) is 0 Å². The zero-order valence-electron chi connectivity index (χ0n) is 14.7. The Kier molecular flexibility index (Phi) is 5.72. The Morgan fingerprint density at radius 3 is 2.67 bits per heavy atom. The monoisotopic (exact) mass is 328 g/mol. The van der Waals surface area contributed by atoms with Crippen LogP contribution in [-0.2, 0) is 6.61 Å². The molecule has 1 fully saturated rings. The molecule has 0 saturated carbocycles. The molecular weight excluding hydrogens is 300 g/mol. The highest BCUT2D eigenvalue weighted by atomic mass is 16.3. The lowest BCUT2D eigenvalue weighted by atomic mass is 10.0. The zero-order valence-corrected chi connectivity index (χ0v) is 14.7. The average molecular weight is 328 g/mol. The lowest BCUT2D eigenvalue weighted by Crippen LogP contribution is -2.35. The normalized spacial score (nSPS) is 18.0. The topological polar surface area (TPSA) is 48.6 Å². The molecule has 130 valence electrons. The van der Waals surface area contributed by atoms with Crippen LogP contribution in [0.3, 0.4) is 0 Å². The van der Waals surface area contributed by atoms with Crippen LogP contribution >= 0.6 is 0 Å². The molecule has 1 aliphatic rings. The number of nitrogens with one attached hydrogen (secondary N) is 1. The van der Waals surface area contributed by atoms with Gasteiger partial charge in [-0.05, 0) is 63.0 Å². The maximum absolute atomic E-state index is 9.32. The molecule has 1 aromatic carbocycles. The molecule has 24 heavy (non-hydrogen) atoms. The van der Waals surface area contributed by atoms with Crippen molar-refractivity contribution in [2.45, 2.75) is 45.4 Å². The first-order valence-electron chi connectivity index (χ1n) is 8.91. The molecule has 0 bridgehead atoms. The molecule has 2 atom stereocenters. The van der Waals surface area contributed by atoms with Crippen molar-refractivity contribution in [1.82, 2.24) is 10.2 Å². The third kappa shape index (κ3) is 4.07. The van der Waals surface area contributed by atoms with E-state index in [0.717, 1.165) is 36.7 Å². The number of nitrogens with zero attached hydrogens (tertiary/aromatic N) is 1. The molecule has 2 N–H and O–H groups in total. The van der Waals surface area contributed by atoms with Crippen molar-refractivity contribution < 1.29 is 9.52 Å². The molecule has 2 unspecified atom stereocenters. The maximum Gasteiger partial charge on any atom is 0.122 e. The largest absolute Gasteiger partial charge is 0.465 e. The molecule has 0 radical (unpaired) electrons. The van der Waals surface area contributed by atoms with Crippen molar-refractivity contribution in [1.29, 1.82) is 0 Å². The summed E-state index contributed by atoms with van der Waals surface area (Å²) >= 11 is 0. The van der Waals surface area contributed by atoms with E-state index in [0.29, 0.717) is 0 Å². The highest BCUT2D eigenvalue weighted by Crippen LogP contribution is 2.27. The number of likely N-dealkylation sites (tertiary alicyclic amines) is 1. The van der Waals surface area contributed by atoms with Crippen LogP contribution in [0.2, 0.25) is 0 Å². The lowest BCUT2D eigenvalue weighted by Gasteiger charge is -2.28. The molecule has 1 saturated heterocycles. The van der Waals surface area contributed by atoms with Gasteiger partial charge < -0.3 is 14.8 Å². The quantitative estimate of drug-likeness (QED) is 0.816. The summed E-state index contributed by atoms with van der Waals surface area (Å²) in [6.07, 6.45) is 2.54. The van der Waals surface area contributed by atoms with Gasteiger partial charge in [-0.15, -0.1) is 0 Å². The third-order valence-electron chi connectivity index (χ3n) is 4.92. The zero-order chi connectivity index (χ0) is 16.9. The van der Waals surface area contributed by atoms with Gasteiger partial charge in [0.2, 0.25) is 0 Å². The second-order valence-electron chi connectivity index (χ2n) is 6.74. The van der Waals surface area contributed by atoms with E-state index in [1.807, 2.05) is 25.1 Å². The van der Waals surface area contributed by atoms with Crippen LogP contribution in [0, 0.1) is 6.92 Å². The van der Waals surface area contributed by atoms with E-state index in [2.05, 4.69) is 35.3 Å². The maximum atomic E-state index is 9.32. The van der Waals surface area contributed by atoms with Crippen LogP contribution < -0.4 is 5.32 Å². The van der Waals surface area contributed by atoms with E-state index in [4.69, 9.17) is 4.42 Å². The van der Waals surface area contributed by atoms with E-state index in [1.165, 1.54) is 18.4 Å². The van der Waals surface area contributed by atoms with Crippen LogP contribution in [0.5, 0.6) is 0 Å². The minimum atomic E-state index is 0.0859. The Hall–Kier alpha value is -1.62. The van der Waals surface area contributed by atoms with Crippen molar-refractivity contribution in [3.05, 3.63) is 59.0 Å². The number of furan rings is 1. The van der Waals surface area contributed by atoms with Gasteiger partial charge in [0.25, 0.3) is 0 Å². The molecule has 1 aliphatic heterocycles. The fourth-order valence-electron chi connectivity index (χ4n) is 3.46. The van der Waals surface area contributed by atoms with E-state index < -0.39 is 0 Å². The number of aliphatic hydroxyl groups is 1. The molecular formula is C20H28N2O2. The minimum absolute atomic E-state index is 0.0859. The fraction of sp³-hybridized carbons (Fsp3) is 0.500. The highest BCUT2D eigenvalue weighted by Gasteiger charge is 2.26. The van der Waals surface area contributed by atoms with E-state index in [-0.39, 0.29) is 18.7 Å². The van der Waals surface area contributed by atoms with Crippen LogP contribution in [-0.4, -0.2) is 29.6 Å². The predicted octanol–water partition coefficient (Wildman–Crippen LogP) is 3.57. The van der Waals surface area contributed by atoms with E-state index >= 15 is 0 Å². The van der Waals surface area contributed by atoms with Crippen molar-refractivity contribution in [3.63, 3.8) is 0 Å². The van der Waals surface area contributed by atoms with Gasteiger partial charge >= 0.3 is 0 Å². The fourth-order valence-corrected chi connectivity index (χ4v) is 3.46. The summed E-state index contributed by atoms with van der Waals surface area (Å²) in [5.74, 6) is 2.02. The SMILES string of the molecule is Cc1ccc(C(CNC(C)c2cccc(CO)c2)N2CCCC2)o1. The van der Waals surface area contributed by atoms with Gasteiger partial charge in [0, 0.05) is 12.6 Å². The highest BCUT2D eigenvalue weighted by molar-refractivity contribution is 5.25. The van der Waals surface area contributed by atoms with Crippen molar-refractivity contribution >= 4 is 0 Å². The average Bonchev–Trinajstić information content (AvgIpc) is 3.27. The van der Waals surface area contributed by atoms with Gasteiger partial charge in [-0.1, -0.05) is 24.3 Å². The number of rotatable bonds is 7. The molecule has 2 aromatic rings. The van der Waals surface area contributed by atoms with Gasteiger partial charge in [0.1, 0.15) is 11.5 Å². The molecule has 4 nitrogen and oxygen atoms in total. The molecule has 1 aromatic heterocycles. The van der Waals surface area contributed by atoms with Crippen molar-refractivity contribution in [3.8, 4) is 0 Å². The van der Waals surface area contributed by atoms with Gasteiger partial charge in [-0.25, -0.2) is 0 Å². The lowest BCUT2D eigenvalue weighted by molar-refractivity contribution is 0.204. The van der Waals surface area contributed by atoms with Crippen molar-refractivity contribution in [2.24, 2.45) is 0 Å². The second-order valence-corrected chi connectivity index (χ2v) is 6.74. The number of hydrogen-bond donors (Lipinski definition) is 2. The molecule has 2 heterocycles. The smallest absolute Gasteiger partial charge is 0.122 e. The first-order valence-corrected chi connectivity index (χ1v) is 8.91. The standard InChI is InChI=1S/C20H28N2O2/c1-15-8-9-20(24-15)19(22-10-3-4-11-22)13-21-16(2)18-7-5-6-17(12-18)14-23/h5-9,12,16,19,21,23H,3-4,10-11,13-14H2,1-2H3. The Balaban J connectivity index is 1.68. The summed E-state index contributed by atoms with van der Waals surface area (Å²) in [7, 11) is 0. The number of aliphatic hydroxyl groups excluding tert-OH is 1. The Bertz CT molecular complexity index is 647. The summed E-state index contributed by atoms with van der Waals surface area (Å²) in [5.41, 5.74) is 2.16. The van der Waals surface area contributed by atoms with Gasteiger partial charge in [0.05, 0.1) is 12.6 Å². The van der Waals surface area contributed by atoms with E-state index in [9.17, 15) is 5.11 Å². The summed E-state index contributed by atoms with van der Waals surface area (Å²) in [5, 5.41) is 13.0. The number of hydrogen-bond acceptors (Lipinski definition) is 4. The van der Waals surface area contributed by atoms with Gasteiger partial charge in [-0.2, -0.15) is 0 Å². The Morgan fingerprint density at radius 1 is 1.21 bits per heavy atom. The van der Waals surface area contributed by atoms with Crippen LogP contribution in [0.15, 0.2) is 40.8 Å². The summed E-state index contributed by atoms with van der Waals surface area (Å²) in [6.45, 7) is 7.40. The van der Waals surface area contributed by atoms with Gasteiger partial charge in [-0.3, -0.25) is 4.90 Å². The molecule has 0 amide bonds. The second kappa shape index (κ2) is 7.97. The number of benzene rings is 1. The summed E-state index contributed by atoms with van der Waals surface area (Å²) in [4.78, 5) is 2.52. The first-order chi connectivity index (χ1) is 11.7. The number of aryl methyl sites for hydroxylation is 1. The molecule has 0 spiro atoms.